The number of amides is 2. The molecular formula is C20H24ClN5O3. The predicted molar refractivity (Wildman–Crippen MR) is 117 cm³/mol. The molecule has 3 N–H and O–H groups in total. The van der Waals surface area contributed by atoms with E-state index in [2.05, 4.69) is 25.9 Å². The molecule has 2 amide bonds. The van der Waals surface area contributed by atoms with Gasteiger partial charge in [-0.25, -0.2) is 14.8 Å². The number of aromatic nitrogens is 2. The van der Waals surface area contributed by atoms with Gasteiger partial charge in [-0.15, -0.1) is 12.4 Å². The number of hydrogen-bond acceptors (Lipinski definition) is 6. The molecule has 0 saturated carbocycles. The predicted octanol–water partition coefficient (Wildman–Crippen LogP) is 4.34. The summed E-state index contributed by atoms with van der Waals surface area (Å²) in [5.41, 5.74) is 2.27. The van der Waals surface area contributed by atoms with Crippen LogP contribution in [0.25, 0.3) is 10.9 Å². The summed E-state index contributed by atoms with van der Waals surface area (Å²) in [4.78, 5) is 20.4. The molecule has 0 spiro atoms. The number of methoxy groups -OCH3 is 2. The number of carbonyl (C=O) groups excluding carboxylic acids is 1. The summed E-state index contributed by atoms with van der Waals surface area (Å²) in [5, 5.41) is 9.64. The summed E-state index contributed by atoms with van der Waals surface area (Å²) in [5.74, 6) is 1.86. The topological polar surface area (TPSA) is 97.4 Å². The summed E-state index contributed by atoms with van der Waals surface area (Å²) in [6.45, 7) is 2.64. The molecule has 3 aromatic rings. The number of rotatable bonds is 7. The minimum absolute atomic E-state index is 0. The highest BCUT2D eigenvalue weighted by Crippen LogP contribution is 2.34. The molecule has 29 heavy (non-hydrogen) atoms. The van der Waals surface area contributed by atoms with Crippen molar-refractivity contribution in [1.82, 2.24) is 15.3 Å². The number of benzene rings is 2. The summed E-state index contributed by atoms with van der Waals surface area (Å²) < 4.78 is 10.7. The van der Waals surface area contributed by atoms with Gasteiger partial charge >= 0.3 is 6.03 Å². The van der Waals surface area contributed by atoms with Crippen LogP contribution in [0.4, 0.5) is 22.0 Å². The Hall–Kier alpha value is -3.26. The second-order valence-corrected chi connectivity index (χ2v) is 6.03. The van der Waals surface area contributed by atoms with Gasteiger partial charge in [-0.1, -0.05) is 6.92 Å². The molecule has 1 aromatic heterocycles. The van der Waals surface area contributed by atoms with Crippen molar-refractivity contribution in [2.45, 2.75) is 13.3 Å². The number of ether oxygens (including phenoxy) is 2. The van der Waals surface area contributed by atoms with E-state index < -0.39 is 0 Å². The van der Waals surface area contributed by atoms with Gasteiger partial charge in [0, 0.05) is 29.4 Å². The Bertz CT molecular complexity index is 966. The molecular weight excluding hydrogens is 394 g/mol. The van der Waals surface area contributed by atoms with Crippen LogP contribution in [0.1, 0.15) is 13.3 Å². The zero-order valence-corrected chi connectivity index (χ0v) is 17.3. The summed E-state index contributed by atoms with van der Waals surface area (Å²) in [7, 11) is 3.17. The Balaban J connectivity index is 0.00000300. The second kappa shape index (κ2) is 10.3. The fraction of sp³-hybridized carbons (Fsp3) is 0.250. The van der Waals surface area contributed by atoms with Gasteiger partial charge in [-0.3, -0.25) is 0 Å². The highest BCUT2D eigenvalue weighted by atomic mass is 35.5. The van der Waals surface area contributed by atoms with Crippen molar-refractivity contribution < 1.29 is 14.3 Å². The third-order valence-electron chi connectivity index (χ3n) is 4.08. The van der Waals surface area contributed by atoms with Crippen molar-refractivity contribution in [3.63, 3.8) is 0 Å². The fourth-order valence-electron chi connectivity index (χ4n) is 2.67. The lowest BCUT2D eigenvalue weighted by molar-refractivity contribution is 0.252. The first-order chi connectivity index (χ1) is 13.6. The molecule has 0 bridgehead atoms. The highest BCUT2D eigenvalue weighted by molar-refractivity contribution is 5.93. The maximum Gasteiger partial charge on any atom is 0.319 e. The number of nitrogens with one attached hydrogen (secondary N) is 3. The van der Waals surface area contributed by atoms with E-state index >= 15 is 0 Å². The maximum atomic E-state index is 11.7. The molecule has 0 unspecified atom stereocenters. The van der Waals surface area contributed by atoms with Crippen LogP contribution in [-0.2, 0) is 0 Å². The van der Waals surface area contributed by atoms with Crippen molar-refractivity contribution in [2.24, 2.45) is 0 Å². The van der Waals surface area contributed by atoms with E-state index in [9.17, 15) is 4.79 Å². The van der Waals surface area contributed by atoms with E-state index in [1.807, 2.05) is 43.3 Å². The molecule has 0 radical (unpaired) electrons. The smallest absolute Gasteiger partial charge is 0.319 e. The zero-order chi connectivity index (χ0) is 19.9. The van der Waals surface area contributed by atoms with Gasteiger partial charge in [0.1, 0.15) is 12.1 Å². The molecule has 8 nitrogen and oxygen atoms in total. The number of hydrogen-bond donors (Lipinski definition) is 3. The minimum atomic E-state index is -0.217. The number of halogens is 1. The molecule has 2 aromatic carbocycles. The molecule has 154 valence electrons. The van der Waals surface area contributed by atoms with Gasteiger partial charge in [-0.05, 0) is 36.8 Å². The van der Waals surface area contributed by atoms with Crippen molar-refractivity contribution in [1.29, 1.82) is 0 Å². The van der Waals surface area contributed by atoms with Gasteiger partial charge < -0.3 is 25.4 Å². The lowest BCUT2D eigenvalue weighted by atomic mass is 10.2. The Kier molecular flexibility index (Phi) is 7.85. The van der Waals surface area contributed by atoms with Crippen LogP contribution in [0.5, 0.6) is 11.5 Å². The molecule has 0 fully saturated rings. The van der Waals surface area contributed by atoms with Crippen molar-refractivity contribution in [3.05, 3.63) is 42.7 Å². The monoisotopic (exact) mass is 417 g/mol. The van der Waals surface area contributed by atoms with Crippen LogP contribution in [0, 0.1) is 0 Å². The molecule has 0 saturated heterocycles. The third kappa shape index (κ3) is 5.39. The minimum Gasteiger partial charge on any atom is -0.493 e. The largest absolute Gasteiger partial charge is 0.493 e. The standard InChI is InChI=1S/C20H23N5O3.ClH/c1-4-9-21-20(26)25-14-7-5-13(6-8-14)24-19-15-10-17(27-2)18(28-3)11-16(15)22-12-23-19;/h5-8,10-12H,4,9H2,1-3H3,(H2,21,25,26)(H,22,23,24);1H. The van der Waals surface area contributed by atoms with Gasteiger partial charge in [0.25, 0.3) is 0 Å². The van der Waals surface area contributed by atoms with Crippen LogP contribution in [0.2, 0.25) is 0 Å². The van der Waals surface area contributed by atoms with Crippen molar-refractivity contribution >= 4 is 46.5 Å². The van der Waals surface area contributed by atoms with E-state index in [-0.39, 0.29) is 18.4 Å². The molecule has 1 heterocycles. The summed E-state index contributed by atoms with van der Waals surface area (Å²) >= 11 is 0. The number of anilines is 3. The van der Waals surface area contributed by atoms with E-state index in [1.165, 1.54) is 6.33 Å². The molecule has 0 aliphatic carbocycles. The average Bonchev–Trinajstić information content (AvgIpc) is 2.72. The highest BCUT2D eigenvalue weighted by Gasteiger charge is 2.11. The number of fused-ring (bicyclic) bond motifs is 1. The first-order valence-electron chi connectivity index (χ1n) is 8.93. The van der Waals surface area contributed by atoms with E-state index in [1.54, 1.807) is 14.2 Å². The lowest BCUT2D eigenvalue weighted by Crippen LogP contribution is -2.29. The molecule has 0 atom stereocenters. The Morgan fingerprint density at radius 3 is 2.31 bits per heavy atom. The second-order valence-electron chi connectivity index (χ2n) is 6.03. The molecule has 0 aliphatic rings. The molecule has 9 heteroatoms. The van der Waals surface area contributed by atoms with Crippen LogP contribution in [0.3, 0.4) is 0 Å². The summed E-state index contributed by atoms with van der Waals surface area (Å²) in [6, 6.07) is 10.8. The Morgan fingerprint density at radius 2 is 1.66 bits per heavy atom. The average molecular weight is 418 g/mol. The molecule has 3 rings (SSSR count). The van der Waals surface area contributed by atoms with Crippen molar-refractivity contribution in [3.8, 4) is 11.5 Å². The van der Waals surface area contributed by atoms with Crippen LogP contribution >= 0.6 is 12.4 Å². The van der Waals surface area contributed by atoms with Gasteiger partial charge in [0.15, 0.2) is 11.5 Å². The van der Waals surface area contributed by atoms with E-state index in [4.69, 9.17) is 9.47 Å². The maximum absolute atomic E-state index is 11.7. The quantitative estimate of drug-likeness (QED) is 0.529. The van der Waals surface area contributed by atoms with Crippen molar-refractivity contribution in [2.75, 3.05) is 31.4 Å². The van der Waals surface area contributed by atoms with Gasteiger partial charge in [0.05, 0.1) is 19.7 Å². The number of urea groups is 1. The van der Waals surface area contributed by atoms with Gasteiger partial charge in [-0.2, -0.15) is 0 Å². The first-order valence-corrected chi connectivity index (χ1v) is 8.93. The third-order valence-corrected chi connectivity index (χ3v) is 4.08. The SMILES string of the molecule is CCCNC(=O)Nc1ccc(Nc2ncnc3cc(OC)c(OC)cc23)cc1.Cl. The number of nitrogens with zero attached hydrogens (tertiary/aromatic N) is 2. The van der Waals surface area contributed by atoms with Gasteiger partial charge in [0.2, 0.25) is 0 Å². The molecule has 0 aliphatic heterocycles. The van der Waals surface area contributed by atoms with Crippen LogP contribution in [-0.4, -0.2) is 36.8 Å². The normalized spacial score (nSPS) is 10.0. The zero-order valence-electron chi connectivity index (χ0n) is 16.5. The van der Waals surface area contributed by atoms with E-state index in [0.29, 0.717) is 29.5 Å². The van der Waals surface area contributed by atoms with E-state index in [0.717, 1.165) is 23.0 Å². The number of carbonyl (C=O) groups is 1. The van der Waals surface area contributed by atoms with Crippen LogP contribution in [0.15, 0.2) is 42.7 Å². The van der Waals surface area contributed by atoms with Crippen LogP contribution < -0.4 is 25.4 Å². The fourth-order valence-corrected chi connectivity index (χ4v) is 2.67. The Labute approximate surface area is 175 Å². The first kappa shape index (κ1) is 22.0. The lowest BCUT2D eigenvalue weighted by Gasteiger charge is -2.12. The Morgan fingerprint density at radius 1 is 1.00 bits per heavy atom. The summed E-state index contributed by atoms with van der Waals surface area (Å²) in [6.07, 6.45) is 2.38.